The Kier molecular flexibility index (Phi) is 4.45. The number of para-hydroxylation sites is 1. The third-order valence-electron chi connectivity index (χ3n) is 5.64. The first-order valence-corrected chi connectivity index (χ1v) is 9.95. The Labute approximate surface area is 171 Å². The van der Waals surface area contributed by atoms with Crippen molar-refractivity contribution in [1.29, 1.82) is 0 Å². The van der Waals surface area contributed by atoms with Gasteiger partial charge < -0.3 is 0 Å². The molecular formula is C27H22N2. The van der Waals surface area contributed by atoms with Gasteiger partial charge in [0.25, 0.3) is 0 Å². The Morgan fingerprint density at radius 1 is 0.690 bits per heavy atom. The van der Waals surface area contributed by atoms with Crippen molar-refractivity contribution >= 4 is 11.9 Å². The maximum Gasteiger partial charge on any atom is 0.0590 e. The highest BCUT2D eigenvalue weighted by molar-refractivity contribution is 5.94. The van der Waals surface area contributed by atoms with Gasteiger partial charge in [-0.05, 0) is 58.4 Å². The first kappa shape index (κ1) is 17.4. The number of anilines is 1. The van der Waals surface area contributed by atoms with Crippen molar-refractivity contribution in [3.8, 4) is 22.3 Å². The van der Waals surface area contributed by atoms with Crippen LogP contribution in [0.25, 0.3) is 22.3 Å². The van der Waals surface area contributed by atoms with E-state index in [-0.39, 0.29) is 0 Å². The first-order valence-electron chi connectivity index (χ1n) is 9.95. The van der Waals surface area contributed by atoms with E-state index >= 15 is 0 Å². The number of fused-ring (bicyclic) bond motifs is 3. The summed E-state index contributed by atoms with van der Waals surface area (Å²) in [6.45, 7) is 2.08. The van der Waals surface area contributed by atoms with Crippen molar-refractivity contribution < 1.29 is 0 Å². The molecule has 0 saturated carbocycles. The van der Waals surface area contributed by atoms with Gasteiger partial charge in [-0.1, -0.05) is 84.9 Å². The summed E-state index contributed by atoms with van der Waals surface area (Å²) in [5.41, 5.74) is 14.5. The van der Waals surface area contributed by atoms with E-state index in [2.05, 4.69) is 90.2 Å². The Morgan fingerprint density at radius 3 is 2.21 bits per heavy atom. The van der Waals surface area contributed by atoms with Crippen LogP contribution in [0.15, 0.2) is 96.1 Å². The fourth-order valence-corrected chi connectivity index (χ4v) is 4.13. The van der Waals surface area contributed by atoms with Gasteiger partial charge in [0.2, 0.25) is 0 Å². The molecule has 0 amide bonds. The van der Waals surface area contributed by atoms with Gasteiger partial charge in [-0.2, -0.15) is 5.10 Å². The summed E-state index contributed by atoms with van der Waals surface area (Å²) >= 11 is 0. The van der Waals surface area contributed by atoms with Gasteiger partial charge in [-0.25, -0.2) is 0 Å². The lowest BCUT2D eigenvalue weighted by atomic mass is 9.93. The molecule has 1 aliphatic carbocycles. The highest BCUT2D eigenvalue weighted by Crippen LogP contribution is 2.41. The molecule has 0 aromatic heterocycles. The lowest BCUT2D eigenvalue weighted by Gasteiger charge is -2.12. The van der Waals surface area contributed by atoms with Crippen molar-refractivity contribution in [2.75, 3.05) is 5.43 Å². The van der Waals surface area contributed by atoms with Crippen molar-refractivity contribution in [3.05, 3.63) is 113 Å². The monoisotopic (exact) mass is 374 g/mol. The molecule has 1 aliphatic rings. The number of nitrogens with zero attached hydrogens (tertiary/aromatic N) is 1. The molecular weight excluding hydrogens is 352 g/mol. The van der Waals surface area contributed by atoms with Gasteiger partial charge in [0, 0.05) is 5.56 Å². The Bertz CT molecular complexity index is 1220. The SMILES string of the molecule is Cc1ccccc1NN=Cc1ccccc1-c1cccc2c1Cc1ccccc1-2. The highest BCUT2D eigenvalue weighted by atomic mass is 15.3. The number of hydrazone groups is 1. The first-order chi connectivity index (χ1) is 14.3. The van der Waals surface area contributed by atoms with Gasteiger partial charge in [0.1, 0.15) is 0 Å². The average molecular weight is 374 g/mol. The van der Waals surface area contributed by atoms with Crippen LogP contribution in [-0.4, -0.2) is 6.21 Å². The summed E-state index contributed by atoms with van der Waals surface area (Å²) in [5, 5.41) is 4.52. The number of rotatable bonds is 4. The minimum absolute atomic E-state index is 0.981. The number of nitrogens with one attached hydrogen (secondary N) is 1. The lowest BCUT2D eigenvalue weighted by Crippen LogP contribution is -1.96. The second-order valence-electron chi connectivity index (χ2n) is 7.44. The zero-order valence-corrected chi connectivity index (χ0v) is 16.4. The molecule has 5 rings (SSSR count). The van der Waals surface area contributed by atoms with E-state index in [4.69, 9.17) is 0 Å². The van der Waals surface area contributed by atoms with E-state index in [1.54, 1.807) is 0 Å². The largest absolute Gasteiger partial charge is 0.278 e. The number of benzene rings is 4. The van der Waals surface area contributed by atoms with Crippen LogP contribution >= 0.6 is 0 Å². The Balaban J connectivity index is 1.51. The molecule has 0 fully saturated rings. The average Bonchev–Trinajstić information content (AvgIpc) is 3.14. The van der Waals surface area contributed by atoms with Crippen LogP contribution in [0.1, 0.15) is 22.3 Å². The van der Waals surface area contributed by atoms with Crippen molar-refractivity contribution in [1.82, 2.24) is 0 Å². The molecule has 140 valence electrons. The van der Waals surface area contributed by atoms with Gasteiger partial charge in [0.15, 0.2) is 0 Å². The van der Waals surface area contributed by atoms with Crippen LogP contribution in [0.2, 0.25) is 0 Å². The maximum absolute atomic E-state index is 4.52. The fraction of sp³-hybridized carbons (Fsp3) is 0.0741. The van der Waals surface area contributed by atoms with E-state index in [0.717, 1.165) is 17.7 Å². The standard InChI is InChI=1S/C27H22N2/c1-19-9-2-7-16-27(19)29-28-18-21-11-4-6-13-23(21)25-15-8-14-24-22-12-5-3-10-20(22)17-26(24)25/h2-16,18,29H,17H2,1H3. The smallest absolute Gasteiger partial charge is 0.0590 e. The molecule has 2 nitrogen and oxygen atoms in total. The lowest BCUT2D eigenvalue weighted by molar-refractivity contribution is 1.26. The summed E-state index contributed by atoms with van der Waals surface area (Å²) in [4.78, 5) is 0. The second kappa shape index (κ2) is 7.40. The minimum atomic E-state index is 0.981. The molecule has 1 N–H and O–H groups in total. The molecule has 2 heteroatoms. The van der Waals surface area contributed by atoms with Crippen LogP contribution in [-0.2, 0) is 6.42 Å². The molecule has 4 aromatic carbocycles. The van der Waals surface area contributed by atoms with E-state index in [1.807, 2.05) is 24.4 Å². The predicted molar refractivity (Wildman–Crippen MR) is 123 cm³/mol. The molecule has 0 bridgehead atoms. The molecule has 0 heterocycles. The quantitative estimate of drug-likeness (QED) is 0.275. The molecule has 0 radical (unpaired) electrons. The predicted octanol–water partition coefficient (Wildman–Crippen LogP) is 6.68. The minimum Gasteiger partial charge on any atom is -0.278 e. The van der Waals surface area contributed by atoms with E-state index < -0.39 is 0 Å². The summed E-state index contributed by atoms with van der Waals surface area (Å²) in [7, 11) is 0. The third kappa shape index (κ3) is 3.23. The number of hydrogen-bond acceptors (Lipinski definition) is 2. The Morgan fingerprint density at radius 2 is 1.34 bits per heavy atom. The van der Waals surface area contributed by atoms with E-state index in [9.17, 15) is 0 Å². The van der Waals surface area contributed by atoms with Gasteiger partial charge >= 0.3 is 0 Å². The van der Waals surface area contributed by atoms with Crippen LogP contribution in [0.3, 0.4) is 0 Å². The van der Waals surface area contributed by atoms with Crippen LogP contribution in [0.5, 0.6) is 0 Å². The maximum atomic E-state index is 4.52. The van der Waals surface area contributed by atoms with E-state index in [1.165, 1.54) is 38.9 Å². The molecule has 29 heavy (non-hydrogen) atoms. The third-order valence-corrected chi connectivity index (χ3v) is 5.64. The highest BCUT2D eigenvalue weighted by Gasteiger charge is 2.21. The van der Waals surface area contributed by atoms with Crippen LogP contribution in [0.4, 0.5) is 5.69 Å². The molecule has 0 spiro atoms. The molecule has 0 aliphatic heterocycles. The van der Waals surface area contributed by atoms with Crippen LogP contribution < -0.4 is 5.43 Å². The van der Waals surface area contributed by atoms with Crippen molar-refractivity contribution in [2.45, 2.75) is 13.3 Å². The number of hydrogen-bond donors (Lipinski definition) is 1. The molecule has 0 atom stereocenters. The zero-order chi connectivity index (χ0) is 19.6. The summed E-state index contributed by atoms with van der Waals surface area (Å²) in [5.74, 6) is 0. The zero-order valence-electron chi connectivity index (χ0n) is 16.4. The molecule has 0 unspecified atom stereocenters. The van der Waals surface area contributed by atoms with Gasteiger partial charge in [-0.3, -0.25) is 5.43 Å². The van der Waals surface area contributed by atoms with Crippen LogP contribution in [0, 0.1) is 6.92 Å². The summed E-state index contributed by atoms with van der Waals surface area (Å²) in [6, 6.07) is 32.0. The summed E-state index contributed by atoms with van der Waals surface area (Å²) in [6.07, 6.45) is 2.90. The van der Waals surface area contributed by atoms with Crippen molar-refractivity contribution in [3.63, 3.8) is 0 Å². The van der Waals surface area contributed by atoms with E-state index in [0.29, 0.717) is 0 Å². The number of aryl methyl sites for hydroxylation is 1. The Hall–Kier alpha value is -3.65. The van der Waals surface area contributed by atoms with Crippen molar-refractivity contribution in [2.24, 2.45) is 5.10 Å². The van der Waals surface area contributed by atoms with Gasteiger partial charge in [0.05, 0.1) is 11.9 Å². The normalized spacial score (nSPS) is 12.0. The summed E-state index contributed by atoms with van der Waals surface area (Å²) < 4.78 is 0. The molecule has 4 aromatic rings. The topological polar surface area (TPSA) is 24.4 Å². The fourth-order valence-electron chi connectivity index (χ4n) is 4.13. The second-order valence-corrected chi connectivity index (χ2v) is 7.44. The van der Waals surface area contributed by atoms with Gasteiger partial charge in [-0.15, -0.1) is 0 Å². The molecule has 0 saturated heterocycles.